The van der Waals surface area contributed by atoms with Crippen LogP contribution in [0.25, 0.3) is 0 Å². The highest BCUT2D eigenvalue weighted by Crippen LogP contribution is 2.15. The van der Waals surface area contributed by atoms with Crippen LogP contribution in [-0.4, -0.2) is 5.91 Å². The van der Waals surface area contributed by atoms with E-state index in [4.69, 9.17) is 0 Å². The molecule has 2 nitrogen and oxygen atoms in total. The summed E-state index contributed by atoms with van der Waals surface area (Å²) < 4.78 is 0. The lowest BCUT2D eigenvalue weighted by Gasteiger charge is -2.05. The highest BCUT2D eigenvalue weighted by atomic mass is 32.1. The Balaban J connectivity index is 1.63. The maximum atomic E-state index is 12.2. The first-order chi connectivity index (χ1) is 11.7. The molecule has 0 saturated heterocycles. The molecule has 2 aromatic carbocycles. The molecule has 1 amide bonds. The molecule has 1 heterocycles. The lowest BCUT2D eigenvalue weighted by molar-refractivity contribution is 0.0951. The summed E-state index contributed by atoms with van der Waals surface area (Å²) in [6, 6.07) is 19.3. The van der Waals surface area contributed by atoms with Crippen LogP contribution >= 0.6 is 11.3 Å². The number of thiophene rings is 1. The molecule has 3 rings (SSSR count). The Kier molecular flexibility index (Phi) is 5.10. The fourth-order valence-electron chi connectivity index (χ4n) is 2.22. The topological polar surface area (TPSA) is 29.1 Å². The van der Waals surface area contributed by atoms with Crippen LogP contribution in [0.4, 0.5) is 0 Å². The third kappa shape index (κ3) is 4.13. The zero-order chi connectivity index (χ0) is 16.8. The van der Waals surface area contributed by atoms with Crippen molar-refractivity contribution in [3.05, 3.63) is 93.2 Å². The van der Waals surface area contributed by atoms with Crippen LogP contribution in [-0.2, 0) is 6.54 Å². The molecule has 0 aliphatic carbocycles. The molecule has 24 heavy (non-hydrogen) atoms. The molecule has 0 aliphatic heterocycles. The van der Waals surface area contributed by atoms with E-state index in [1.54, 1.807) is 11.3 Å². The van der Waals surface area contributed by atoms with Crippen LogP contribution in [0.15, 0.2) is 66.0 Å². The monoisotopic (exact) mass is 331 g/mol. The van der Waals surface area contributed by atoms with Gasteiger partial charge in [0.1, 0.15) is 0 Å². The van der Waals surface area contributed by atoms with Gasteiger partial charge in [-0.2, -0.15) is 0 Å². The maximum Gasteiger partial charge on any atom is 0.251 e. The Labute approximate surface area is 146 Å². The molecular formula is C21H17NOS. The smallest absolute Gasteiger partial charge is 0.251 e. The Morgan fingerprint density at radius 3 is 2.25 bits per heavy atom. The van der Waals surface area contributed by atoms with Crippen molar-refractivity contribution in [2.75, 3.05) is 0 Å². The van der Waals surface area contributed by atoms with Crippen LogP contribution in [0.5, 0.6) is 0 Å². The minimum Gasteiger partial charge on any atom is -0.347 e. The summed E-state index contributed by atoms with van der Waals surface area (Å²) in [5, 5.41) is 4.99. The molecule has 0 radical (unpaired) electrons. The van der Waals surface area contributed by atoms with E-state index in [1.807, 2.05) is 60.0 Å². The van der Waals surface area contributed by atoms with E-state index in [1.165, 1.54) is 10.4 Å². The molecule has 3 aromatic rings. The number of rotatable bonds is 3. The molecule has 1 N–H and O–H groups in total. The third-order valence-electron chi connectivity index (χ3n) is 3.65. The van der Waals surface area contributed by atoms with Crippen molar-refractivity contribution in [2.24, 2.45) is 0 Å². The van der Waals surface area contributed by atoms with Gasteiger partial charge < -0.3 is 5.32 Å². The zero-order valence-electron chi connectivity index (χ0n) is 13.4. The fraction of sp³-hybridized carbons (Fsp3) is 0.0952. The average molecular weight is 331 g/mol. The van der Waals surface area contributed by atoms with Crippen molar-refractivity contribution in [2.45, 2.75) is 13.5 Å². The molecule has 1 aromatic heterocycles. The molecule has 0 aliphatic rings. The van der Waals surface area contributed by atoms with Gasteiger partial charge in [0, 0.05) is 21.6 Å². The van der Waals surface area contributed by atoms with E-state index >= 15 is 0 Å². The summed E-state index contributed by atoms with van der Waals surface area (Å²) in [6.45, 7) is 2.62. The van der Waals surface area contributed by atoms with Crippen LogP contribution < -0.4 is 5.32 Å². The summed E-state index contributed by atoms with van der Waals surface area (Å²) in [4.78, 5) is 13.4. The highest BCUT2D eigenvalue weighted by Gasteiger charge is 2.06. The van der Waals surface area contributed by atoms with Gasteiger partial charge in [0.25, 0.3) is 5.91 Å². The van der Waals surface area contributed by atoms with E-state index in [-0.39, 0.29) is 5.91 Å². The number of nitrogens with one attached hydrogen (secondary N) is 1. The van der Waals surface area contributed by atoms with Gasteiger partial charge in [-0.05, 0) is 60.3 Å². The van der Waals surface area contributed by atoms with Crippen molar-refractivity contribution < 1.29 is 4.79 Å². The standard InChI is InChI=1S/C21H17NOS/c1-16-13-14-24-20(16)15-22-21(23)19-11-9-18(10-12-19)8-7-17-5-3-2-4-6-17/h2-6,9-14H,15H2,1H3,(H,22,23). The molecular weight excluding hydrogens is 314 g/mol. The van der Waals surface area contributed by atoms with E-state index in [0.717, 1.165) is 11.1 Å². The van der Waals surface area contributed by atoms with E-state index in [2.05, 4.69) is 30.1 Å². The Hall–Kier alpha value is -2.83. The molecule has 0 unspecified atom stereocenters. The van der Waals surface area contributed by atoms with Gasteiger partial charge in [0.2, 0.25) is 0 Å². The second-order valence-electron chi connectivity index (χ2n) is 5.40. The normalized spacial score (nSPS) is 9.88. The first kappa shape index (κ1) is 16.0. The van der Waals surface area contributed by atoms with Gasteiger partial charge in [0.05, 0.1) is 6.54 Å². The SMILES string of the molecule is Cc1ccsc1CNC(=O)c1ccc(C#Cc2ccccc2)cc1. The summed E-state index contributed by atoms with van der Waals surface area (Å²) in [5.41, 5.74) is 3.73. The molecule has 0 spiro atoms. The Bertz CT molecular complexity index is 883. The number of carbonyl (C=O) groups excluding carboxylic acids is 1. The van der Waals surface area contributed by atoms with E-state index < -0.39 is 0 Å². The lowest BCUT2D eigenvalue weighted by atomic mass is 10.1. The van der Waals surface area contributed by atoms with Gasteiger partial charge in [-0.15, -0.1) is 11.3 Å². The second kappa shape index (κ2) is 7.63. The van der Waals surface area contributed by atoms with Crippen molar-refractivity contribution in [3.8, 4) is 11.8 Å². The predicted molar refractivity (Wildman–Crippen MR) is 99.1 cm³/mol. The van der Waals surface area contributed by atoms with Gasteiger partial charge in [-0.3, -0.25) is 4.79 Å². The predicted octanol–water partition coefficient (Wildman–Crippen LogP) is 4.39. The summed E-state index contributed by atoms with van der Waals surface area (Å²) >= 11 is 1.66. The molecule has 118 valence electrons. The lowest BCUT2D eigenvalue weighted by Crippen LogP contribution is -2.22. The van der Waals surface area contributed by atoms with Crippen LogP contribution in [0.2, 0.25) is 0 Å². The minimum absolute atomic E-state index is 0.0645. The number of carbonyl (C=O) groups is 1. The molecule has 0 bridgehead atoms. The average Bonchev–Trinajstić information content (AvgIpc) is 3.04. The zero-order valence-corrected chi connectivity index (χ0v) is 14.2. The van der Waals surface area contributed by atoms with Crippen LogP contribution in [0.3, 0.4) is 0 Å². The van der Waals surface area contributed by atoms with Crippen LogP contribution in [0.1, 0.15) is 31.9 Å². The van der Waals surface area contributed by atoms with E-state index in [0.29, 0.717) is 12.1 Å². The Morgan fingerprint density at radius 1 is 0.958 bits per heavy atom. The first-order valence-electron chi connectivity index (χ1n) is 7.71. The second-order valence-corrected chi connectivity index (χ2v) is 6.40. The van der Waals surface area contributed by atoms with Gasteiger partial charge in [-0.1, -0.05) is 30.0 Å². The molecule has 0 saturated carbocycles. The van der Waals surface area contributed by atoms with Gasteiger partial charge in [-0.25, -0.2) is 0 Å². The summed E-state index contributed by atoms with van der Waals surface area (Å²) in [7, 11) is 0. The van der Waals surface area contributed by atoms with Crippen molar-refractivity contribution >= 4 is 17.2 Å². The summed E-state index contributed by atoms with van der Waals surface area (Å²) in [5.74, 6) is 6.15. The van der Waals surface area contributed by atoms with E-state index in [9.17, 15) is 4.79 Å². The number of hydrogen-bond donors (Lipinski definition) is 1. The first-order valence-corrected chi connectivity index (χ1v) is 8.58. The van der Waals surface area contributed by atoms with Crippen LogP contribution in [0, 0.1) is 18.8 Å². The summed E-state index contributed by atoms with van der Waals surface area (Å²) in [6.07, 6.45) is 0. The number of amides is 1. The van der Waals surface area contributed by atoms with Crippen molar-refractivity contribution in [1.29, 1.82) is 0 Å². The largest absolute Gasteiger partial charge is 0.347 e. The maximum absolute atomic E-state index is 12.2. The van der Waals surface area contributed by atoms with Gasteiger partial charge >= 0.3 is 0 Å². The number of benzene rings is 2. The highest BCUT2D eigenvalue weighted by molar-refractivity contribution is 7.10. The molecule has 0 atom stereocenters. The number of aryl methyl sites for hydroxylation is 1. The third-order valence-corrected chi connectivity index (χ3v) is 4.67. The Morgan fingerprint density at radius 2 is 1.62 bits per heavy atom. The number of hydrogen-bond acceptors (Lipinski definition) is 2. The molecule has 3 heteroatoms. The fourth-order valence-corrected chi connectivity index (χ4v) is 3.06. The van der Waals surface area contributed by atoms with Crippen molar-refractivity contribution in [1.82, 2.24) is 5.32 Å². The minimum atomic E-state index is -0.0645. The molecule has 0 fully saturated rings. The quantitative estimate of drug-likeness (QED) is 0.709. The van der Waals surface area contributed by atoms with Crippen molar-refractivity contribution in [3.63, 3.8) is 0 Å². The van der Waals surface area contributed by atoms with Gasteiger partial charge in [0.15, 0.2) is 0 Å².